The minimum Gasteiger partial charge on any atom is -0.323 e. The summed E-state index contributed by atoms with van der Waals surface area (Å²) in [6.07, 6.45) is 4.67. The van der Waals surface area contributed by atoms with E-state index in [2.05, 4.69) is 22.8 Å². The van der Waals surface area contributed by atoms with Gasteiger partial charge in [-0.25, -0.2) is 4.79 Å². The minimum absolute atomic E-state index is 0.0425. The largest absolute Gasteiger partial charge is 0.325 e. The van der Waals surface area contributed by atoms with Crippen LogP contribution in [0.15, 0.2) is 30.3 Å². The summed E-state index contributed by atoms with van der Waals surface area (Å²) in [5, 5.41) is 6.28. The van der Waals surface area contributed by atoms with Crippen LogP contribution in [0.1, 0.15) is 38.2 Å². The maximum Gasteiger partial charge on any atom is 0.325 e. The van der Waals surface area contributed by atoms with E-state index in [9.17, 15) is 9.59 Å². The van der Waals surface area contributed by atoms with E-state index in [1.807, 2.05) is 25.1 Å². The molecule has 5 nitrogen and oxygen atoms in total. The van der Waals surface area contributed by atoms with Crippen LogP contribution in [0.5, 0.6) is 0 Å². The lowest BCUT2D eigenvalue weighted by Gasteiger charge is -2.34. The lowest BCUT2D eigenvalue weighted by molar-refractivity contribution is -0.133. The molecule has 2 fully saturated rings. The molecular weight excluding hydrogens is 302 g/mol. The van der Waals surface area contributed by atoms with Gasteiger partial charge in [0, 0.05) is 6.54 Å². The smallest absolute Gasteiger partial charge is 0.323 e. The first kappa shape index (κ1) is 17.0. The molecule has 0 saturated carbocycles. The second-order valence-electron chi connectivity index (χ2n) is 7.06. The Morgan fingerprint density at radius 1 is 1.12 bits per heavy atom. The number of nitrogens with zero attached hydrogens (tertiary/aromatic N) is 1. The minimum atomic E-state index is -0.724. The average Bonchev–Trinajstić information content (AvgIpc) is 2.84. The van der Waals surface area contributed by atoms with Gasteiger partial charge in [0.15, 0.2) is 0 Å². The van der Waals surface area contributed by atoms with Crippen molar-refractivity contribution in [3.05, 3.63) is 35.9 Å². The number of amides is 3. The fourth-order valence-electron chi connectivity index (χ4n) is 3.84. The van der Waals surface area contributed by atoms with Crippen LogP contribution in [0.2, 0.25) is 0 Å². The second kappa shape index (κ2) is 7.34. The van der Waals surface area contributed by atoms with E-state index in [1.165, 1.54) is 10.5 Å². The molecule has 130 valence electrons. The maximum atomic E-state index is 12.8. The third kappa shape index (κ3) is 3.46. The molecule has 1 atom stereocenters. The lowest BCUT2D eigenvalue weighted by Crippen LogP contribution is -2.53. The quantitative estimate of drug-likeness (QED) is 0.622. The second-order valence-corrected chi connectivity index (χ2v) is 7.06. The molecule has 2 N–H and O–H groups in total. The molecule has 3 amide bonds. The molecule has 2 aliphatic rings. The zero-order valence-electron chi connectivity index (χ0n) is 14.4. The van der Waals surface area contributed by atoms with Gasteiger partial charge in [-0.3, -0.25) is 9.69 Å². The number of piperidine rings is 1. The highest BCUT2D eigenvalue weighted by Crippen LogP contribution is 2.31. The number of carbonyl (C=O) groups is 2. The van der Waals surface area contributed by atoms with Crippen molar-refractivity contribution in [2.45, 2.75) is 44.6 Å². The van der Waals surface area contributed by atoms with Crippen LogP contribution in [-0.2, 0) is 11.2 Å². The number of rotatable bonds is 6. The Balaban J connectivity index is 1.52. The molecule has 0 spiro atoms. The Kier molecular flexibility index (Phi) is 5.19. The monoisotopic (exact) mass is 329 g/mol. The van der Waals surface area contributed by atoms with Crippen molar-refractivity contribution in [1.82, 2.24) is 15.5 Å². The first-order valence-corrected chi connectivity index (χ1v) is 9.00. The van der Waals surface area contributed by atoms with Gasteiger partial charge >= 0.3 is 6.03 Å². The first-order chi connectivity index (χ1) is 11.6. The Hall–Kier alpha value is -1.88. The number of imide groups is 1. The summed E-state index contributed by atoms with van der Waals surface area (Å²) in [4.78, 5) is 26.5. The number of benzene rings is 1. The van der Waals surface area contributed by atoms with E-state index in [0.29, 0.717) is 6.54 Å². The summed E-state index contributed by atoms with van der Waals surface area (Å²) in [5.41, 5.74) is 0.577. The molecule has 3 rings (SSSR count). The Morgan fingerprint density at radius 2 is 1.83 bits per heavy atom. The molecule has 0 aliphatic carbocycles. The summed E-state index contributed by atoms with van der Waals surface area (Å²) < 4.78 is 0. The molecule has 24 heavy (non-hydrogen) atoms. The SMILES string of the molecule is CC1(C2CCNCC2)NC(=O)N(CCCCc2ccccc2)C1=O. The van der Waals surface area contributed by atoms with Crippen molar-refractivity contribution in [2.75, 3.05) is 19.6 Å². The van der Waals surface area contributed by atoms with Gasteiger partial charge in [0.05, 0.1) is 0 Å². The van der Waals surface area contributed by atoms with E-state index in [4.69, 9.17) is 0 Å². The fourth-order valence-corrected chi connectivity index (χ4v) is 3.84. The number of unbranched alkanes of at least 4 members (excludes halogenated alkanes) is 1. The zero-order chi connectivity index (χ0) is 17.0. The van der Waals surface area contributed by atoms with Crippen LogP contribution >= 0.6 is 0 Å². The van der Waals surface area contributed by atoms with Crippen molar-refractivity contribution in [3.8, 4) is 0 Å². The van der Waals surface area contributed by atoms with Gasteiger partial charge in [-0.2, -0.15) is 0 Å². The summed E-state index contributed by atoms with van der Waals surface area (Å²) in [5.74, 6) is 0.184. The highest BCUT2D eigenvalue weighted by atomic mass is 16.2. The molecule has 1 aromatic rings. The van der Waals surface area contributed by atoms with E-state index in [-0.39, 0.29) is 17.9 Å². The topological polar surface area (TPSA) is 61.4 Å². The predicted molar refractivity (Wildman–Crippen MR) is 93.6 cm³/mol. The number of nitrogens with one attached hydrogen (secondary N) is 2. The predicted octanol–water partition coefficient (Wildman–Crippen LogP) is 2.32. The molecule has 2 heterocycles. The third-order valence-corrected chi connectivity index (χ3v) is 5.40. The fraction of sp³-hybridized carbons (Fsp3) is 0.579. The van der Waals surface area contributed by atoms with Crippen molar-refractivity contribution in [3.63, 3.8) is 0 Å². The van der Waals surface area contributed by atoms with Gasteiger partial charge < -0.3 is 10.6 Å². The molecule has 0 radical (unpaired) electrons. The standard InChI is InChI=1S/C19H27N3O2/c1-19(16-10-12-20-13-11-16)17(23)22(18(24)21-19)14-6-5-9-15-7-3-2-4-8-15/h2-4,7-8,16,20H,5-6,9-14H2,1H3,(H,21,24). The van der Waals surface area contributed by atoms with Crippen LogP contribution in [0, 0.1) is 5.92 Å². The van der Waals surface area contributed by atoms with Crippen molar-refractivity contribution < 1.29 is 9.59 Å². The summed E-state index contributed by atoms with van der Waals surface area (Å²) >= 11 is 0. The van der Waals surface area contributed by atoms with Gasteiger partial charge in [-0.05, 0) is 63.6 Å². The normalized spacial score (nSPS) is 25.1. The Labute approximate surface area is 143 Å². The molecule has 0 aromatic heterocycles. The van der Waals surface area contributed by atoms with Gasteiger partial charge in [0.2, 0.25) is 0 Å². The van der Waals surface area contributed by atoms with Crippen LogP contribution in [-0.4, -0.2) is 42.0 Å². The molecule has 5 heteroatoms. The highest BCUT2D eigenvalue weighted by molar-refractivity contribution is 6.07. The Bertz CT molecular complexity index is 584. The van der Waals surface area contributed by atoms with Crippen LogP contribution < -0.4 is 10.6 Å². The number of aryl methyl sites for hydroxylation is 1. The van der Waals surface area contributed by atoms with Crippen LogP contribution in [0.3, 0.4) is 0 Å². The number of carbonyl (C=O) groups excluding carboxylic acids is 2. The van der Waals surface area contributed by atoms with Crippen LogP contribution in [0.25, 0.3) is 0 Å². The number of hydrogen-bond donors (Lipinski definition) is 2. The van der Waals surface area contributed by atoms with E-state index in [0.717, 1.165) is 45.2 Å². The van der Waals surface area contributed by atoms with Crippen molar-refractivity contribution >= 4 is 11.9 Å². The van der Waals surface area contributed by atoms with E-state index < -0.39 is 5.54 Å². The van der Waals surface area contributed by atoms with Gasteiger partial charge in [0.1, 0.15) is 5.54 Å². The Morgan fingerprint density at radius 3 is 2.54 bits per heavy atom. The summed E-state index contributed by atoms with van der Waals surface area (Å²) in [6, 6.07) is 10.1. The highest BCUT2D eigenvalue weighted by Gasteiger charge is 2.51. The average molecular weight is 329 g/mol. The molecular formula is C19H27N3O2. The summed E-state index contributed by atoms with van der Waals surface area (Å²) in [7, 11) is 0. The van der Waals surface area contributed by atoms with E-state index >= 15 is 0 Å². The number of hydrogen-bond acceptors (Lipinski definition) is 3. The lowest BCUT2D eigenvalue weighted by atomic mass is 9.79. The van der Waals surface area contributed by atoms with Crippen LogP contribution in [0.4, 0.5) is 4.79 Å². The van der Waals surface area contributed by atoms with Gasteiger partial charge in [0.25, 0.3) is 5.91 Å². The third-order valence-electron chi connectivity index (χ3n) is 5.40. The molecule has 0 bridgehead atoms. The van der Waals surface area contributed by atoms with Gasteiger partial charge in [-0.1, -0.05) is 30.3 Å². The maximum absolute atomic E-state index is 12.8. The molecule has 1 unspecified atom stereocenters. The molecule has 2 saturated heterocycles. The zero-order valence-corrected chi connectivity index (χ0v) is 14.4. The molecule has 2 aliphatic heterocycles. The number of urea groups is 1. The van der Waals surface area contributed by atoms with E-state index in [1.54, 1.807) is 0 Å². The van der Waals surface area contributed by atoms with Gasteiger partial charge in [-0.15, -0.1) is 0 Å². The molecule has 1 aromatic carbocycles. The first-order valence-electron chi connectivity index (χ1n) is 9.00. The summed E-state index contributed by atoms with van der Waals surface area (Å²) in [6.45, 7) is 4.24. The van der Waals surface area contributed by atoms with Crippen molar-refractivity contribution in [1.29, 1.82) is 0 Å². The van der Waals surface area contributed by atoms with Crippen molar-refractivity contribution in [2.24, 2.45) is 5.92 Å².